The molecule has 0 radical (unpaired) electrons. The first kappa shape index (κ1) is 15.3. The zero-order valence-corrected chi connectivity index (χ0v) is 11.6. The highest BCUT2D eigenvalue weighted by atomic mass is 19.4. The second-order valence-electron chi connectivity index (χ2n) is 4.95. The summed E-state index contributed by atoms with van der Waals surface area (Å²) in [6.07, 6.45) is -3.45. The summed E-state index contributed by atoms with van der Waals surface area (Å²) in [5.41, 5.74) is 0.895. The zero-order chi connectivity index (χ0) is 15.5. The van der Waals surface area contributed by atoms with Gasteiger partial charge in [0.05, 0.1) is 5.56 Å². The van der Waals surface area contributed by atoms with Gasteiger partial charge in [-0.1, -0.05) is 42.5 Å². The maximum absolute atomic E-state index is 13.0. The Balaban J connectivity index is 2.39. The van der Waals surface area contributed by atoms with E-state index in [9.17, 15) is 18.0 Å². The smallest absolute Gasteiger partial charge is 0.300 e. The number of hydrogen-bond donors (Lipinski definition) is 0. The van der Waals surface area contributed by atoms with Crippen LogP contribution in [0, 0.1) is 0 Å². The summed E-state index contributed by atoms with van der Waals surface area (Å²) in [5, 5.41) is 0. The van der Waals surface area contributed by atoms with Gasteiger partial charge in [0.2, 0.25) is 0 Å². The van der Waals surface area contributed by atoms with Crippen molar-refractivity contribution in [1.29, 1.82) is 0 Å². The van der Waals surface area contributed by atoms with Crippen LogP contribution in [0.4, 0.5) is 13.2 Å². The number of carbonyl (C=O) groups excluding carboxylic acids is 1. The van der Waals surface area contributed by atoms with Crippen molar-refractivity contribution in [2.75, 3.05) is 0 Å². The minimum absolute atomic E-state index is 0.0658. The molecule has 0 aromatic heterocycles. The van der Waals surface area contributed by atoms with Crippen LogP contribution in [-0.2, 0) is 17.4 Å². The molecule has 0 saturated heterocycles. The highest BCUT2D eigenvalue weighted by molar-refractivity contribution is 5.76. The van der Waals surface area contributed by atoms with Crippen LogP contribution in [0.2, 0.25) is 0 Å². The number of halogens is 3. The number of carbonyl (C=O) groups is 1. The van der Waals surface area contributed by atoms with Crippen molar-refractivity contribution in [3.8, 4) is 11.1 Å². The van der Waals surface area contributed by atoms with E-state index in [1.54, 1.807) is 24.3 Å². The van der Waals surface area contributed by atoms with E-state index in [0.717, 1.165) is 11.6 Å². The molecular weight excluding hydrogens is 277 g/mol. The van der Waals surface area contributed by atoms with Crippen LogP contribution in [0.3, 0.4) is 0 Å². The van der Waals surface area contributed by atoms with Crippen molar-refractivity contribution in [1.82, 2.24) is 0 Å². The standard InChI is InChI=1S/C17H15F3O/c1-12(21)9-10-13-5-4-6-14(11-13)15-7-2-3-8-16(15)17(18,19)20/h2-8,11H,9-10H2,1H3. The minimum Gasteiger partial charge on any atom is -0.300 e. The lowest BCUT2D eigenvalue weighted by Crippen LogP contribution is -2.06. The second kappa shape index (κ2) is 6.12. The molecule has 2 aromatic carbocycles. The molecule has 2 aromatic rings. The number of benzene rings is 2. The van der Waals surface area contributed by atoms with Crippen LogP contribution in [0.15, 0.2) is 48.5 Å². The molecule has 0 bridgehead atoms. The lowest BCUT2D eigenvalue weighted by molar-refractivity contribution is -0.137. The van der Waals surface area contributed by atoms with Crippen molar-refractivity contribution < 1.29 is 18.0 Å². The third kappa shape index (κ3) is 3.94. The van der Waals surface area contributed by atoms with Gasteiger partial charge in [-0.3, -0.25) is 0 Å². The molecule has 1 nitrogen and oxygen atoms in total. The summed E-state index contributed by atoms with van der Waals surface area (Å²) in [4.78, 5) is 11.0. The molecule has 0 unspecified atom stereocenters. The van der Waals surface area contributed by atoms with Crippen molar-refractivity contribution in [2.24, 2.45) is 0 Å². The predicted molar refractivity (Wildman–Crippen MR) is 75.9 cm³/mol. The van der Waals surface area contributed by atoms with Crippen molar-refractivity contribution >= 4 is 5.78 Å². The van der Waals surface area contributed by atoms with Crippen LogP contribution in [0.1, 0.15) is 24.5 Å². The van der Waals surface area contributed by atoms with E-state index in [2.05, 4.69) is 0 Å². The summed E-state index contributed by atoms with van der Waals surface area (Å²) < 4.78 is 39.1. The predicted octanol–water partition coefficient (Wildman–Crippen LogP) is 4.89. The minimum atomic E-state index is -4.38. The van der Waals surface area contributed by atoms with E-state index in [1.165, 1.54) is 19.1 Å². The molecule has 0 atom stereocenters. The first-order valence-corrected chi connectivity index (χ1v) is 6.63. The van der Waals surface area contributed by atoms with E-state index < -0.39 is 11.7 Å². The molecule has 0 spiro atoms. The number of Topliss-reactive ketones (excluding diaryl/α,β-unsaturated/α-hetero) is 1. The Morgan fingerprint density at radius 3 is 2.43 bits per heavy atom. The molecular formula is C17H15F3O. The Kier molecular flexibility index (Phi) is 4.46. The lowest BCUT2D eigenvalue weighted by Gasteiger charge is -2.13. The van der Waals surface area contributed by atoms with Gasteiger partial charge in [0.1, 0.15) is 5.78 Å². The summed E-state index contributed by atoms with van der Waals surface area (Å²) in [7, 11) is 0. The molecule has 0 aliphatic rings. The Morgan fingerprint density at radius 1 is 1.05 bits per heavy atom. The second-order valence-corrected chi connectivity index (χ2v) is 4.95. The third-order valence-electron chi connectivity index (χ3n) is 3.24. The average molecular weight is 292 g/mol. The average Bonchev–Trinajstić information content (AvgIpc) is 2.44. The zero-order valence-electron chi connectivity index (χ0n) is 11.6. The molecule has 0 saturated carbocycles. The van der Waals surface area contributed by atoms with Crippen LogP contribution >= 0.6 is 0 Å². The summed E-state index contributed by atoms with van der Waals surface area (Å²) in [6.45, 7) is 1.50. The van der Waals surface area contributed by atoms with Gasteiger partial charge in [-0.05, 0) is 36.1 Å². The highest BCUT2D eigenvalue weighted by Crippen LogP contribution is 2.37. The molecule has 0 N–H and O–H groups in total. The molecule has 4 heteroatoms. The van der Waals surface area contributed by atoms with Crippen LogP contribution in [-0.4, -0.2) is 5.78 Å². The summed E-state index contributed by atoms with van der Waals surface area (Å²) in [5.74, 6) is 0.0658. The molecule has 2 rings (SSSR count). The third-order valence-corrected chi connectivity index (χ3v) is 3.24. The molecule has 0 heterocycles. The van der Waals surface area contributed by atoms with E-state index in [1.807, 2.05) is 6.07 Å². The number of rotatable bonds is 4. The topological polar surface area (TPSA) is 17.1 Å². The Hall–Kier alpha value is -2.10. The lowest BCUT2D eigenvalue weighted by atomic mass is 9.96. The van der Waals surface area contributed by atoms with E-state index in [0.29, 0.717) is 18.4 Å². The fourth-order valence-corrected chi connectivity index (χ4v) is 2.20. The molecule has 0 aliphatic heterocycles. The summed E-state index contributed by atoms with van der Waals surface area (Å²) in [6, 6.07) is 12.4. The number of ketones is 1. The molecule has 0 amide bonds. The van der Waals surface area contributed by atoms with E-state index in [-0.39, 0.29) is 11.3 Å². The number of hydrogen-bond acceptors (Lipinski definition) is 1. The van der Waals surface area contributed by atoms with Crippen molar-refractivity contribution in [3.05, 3.63) is 59.7 Å². The first-order chi connectivity index (χ1) is 9.88. The maximum atomic E-state index is 13.0. The Labute approximate surface area is 121 Å². The molecule has 0 fully saturated rings. The van der Waals surface area contributed by atoms with Gasteiger partial charge in [0, 0.05) is 6.42 Å². The van der Waals surface area contributed by atoms with Gasteiger partial charge in [-0.25, -0.2) is 0 Å². The normalized spacial score (nSPS) is 11.4. The molecule has 21 heavy (non-hydrogen) atoms. The number of alkyl halides is 3. The van der Waals surface area contributed by atoms with Crippen LogP contribution < -0.4 is 0 Å². The van der Waals surface area contributed by atoms with Gasteiger partial charge in [-0.15, -0.1) is 0 Å². The SMILES string of the molecule is CC(=O)CCc1cccc(-c2ccccc2C(F)(F)F)c1. The largest absolute Gasteiger partial charge is 0.417 e. The van der Waals surface area contributed by atoms with Crippen LogP contribution in [0.5, 0.6) is 0 Å². The molecule has 110 valence electrons. The van der Waals surface area contributed by atoms with Crippen LogP contribution in [0.25, 0.3) is 11.1 Å². The van der Waals surface area contributed by atoms with Gasteiger partial charge in [0.25, 0.3) is 0 Å². The Morgan fingerprint density at radius 2 is 1.76 bits per heavy atom. The highest BCUT2D eigenvalue weighted by Gasteiger charge is 2.33. The number of aryl methyl sites for hydroxylation is 1. The van der Waals surface area contributed by atoms with Gasteiger partial charge < -0.3 is 4.79 Å². The van der Waals surface area contributed by atoms with Gasteiger partial charge >= 0.3 is 6.18 Å². The van der Waals surface area contributed by atoms with Crippen molar-refractivity contribution in [2.45, 2.75) is 25.9 Å². The summed E-state index contributed by atoms with van der Waals surface area (Å²) >= 11 is 0. The van der Waals surface area contributed by atoms with Gasteiger partial charge in [0.15, 0.2) is 0 Å². The van der Waals surface area contributed by atoms with Gasteiger partial charge in [-0.2, -0.15) is 13.2 Å². The monoisotopic (exact) mass is 292 g/mol. The quantitative estimate of drug-likeness (QED) is 0.783. The first-order valence-electron chi connectivity index (χ1n) is 6.63. The molecule has 0 aliphatic carbocycles. The van der Waals surface area contributed by atoms with E-state index >= 15 is 0 Å². The van der Waals surface area contributed by atoms with Crippen molar-refractivity contribution in [3.63, 3.8) is 0 Å². The maximum Gasteiger partial charge on any atom is 0.417 e. The fourth-order valence-electron chi connectivity index (χ4n) is 2.20. The fraction of sp³-hybridized carbons (Fsp3) is 0.235. The van der Waals surface area contributed by atoms with E-state index in [4.69, 9.17) is 0 Å². The Bertz CT molecular complexity index is 644.